The highest BCUT2D eigenvalue weighted by molar-refractivity contribution is 5.94. The van der Waals surface area contributed by atoms with Crippen LogP contribution in [0.2, 0.25) is 0 Å². The molecule has 0 spiro atoms. The van der Waals surface area contributed by atoms with Gasteiger partial charge in [0.25, 0.3) is 5.91 Å². The minimum atomic E-state index is -0.0729. The molecule has 0 radical (unpaired) electrons. The maximum atomic E-state index is 12.1. The number of benzene rings is 2. The van der Waals surface area contributed by atoms with Crippen LogP contribution in [-0.4, -0.2) is 22.6 Å². The Balaban J connectivity index is 1.50. The molecule has 1 heterocycles. The fraction of sp³-hybridized carbons (Fsp3) is 0.211. The molecule has 0 saturated heterocycles. The van der Waals surface area contributed by atoms with Gasteiger partial charge in [-0.2, -0.15) is 0 Å². The van der Waals surface area contributed by atoms with Gasteiger partial charge in [-0.15, -0.1) is 10.2 Å². The molecule has 0 aliphatic carbocycles. The van der Waals surface area contributed by atoms with Crippen molar-refractivity contribution in [1.29, 1.82) is 0 Å². The van der Waals surface area contributed by atoms with E-state index < -0.39 is 0 Å². The van der Waals surface area contributed by atoms with Crippen molar-refractivity contribution in [3.05, 3.63) is 71.6 Å². The Morgan fingerprint density at radius 1 is 1.04 bits per heavy atom. The van der Waals surface area contributed by atoms with Crippen molar-refractivity contribution in [3.63, 3.8) is 0 Å². The molecule has 122 valence electrons. The quantitative estimate of drug-likeness (QED) is 0.707. The number of aryl methyl sites for hydroxylation is 2. The molecule has 0 bridgehead atoms. The second-order valence-corrected chi connectivity index (χ2v) is 5.55. The van der Waals surface area contributed by atoms with E-state index in [0.717, 1.165) is 18.4 Å². The lowest BCUT2D eigenvalue weighted by molar-refractivity contribution is 0.0953. The second kappa shape index (κ2) is 7.55. The summed E-state index contributed by atoms with van der Waals surface area (Å²) in [6.07, 6.45) is 1.87. The molecular formula is C19H19N3O2. The molecule has 0 aliphatic heterocycles. The predicted molar refractivity (Wildman–Crippen MR) is 91.6 cm³/mol. The van der Waals surface area contributed by atoms with Crippen molar-refractivity contribution in [2.24, 2.45) is 0 Å². The Hall–Kier alpha value is -2.95. The Morgan fingerprint density at radius 3 is 2.46 bits per heavy atom. The highest BCUT2D eigenvalue weighted by Crippen LogP contribution is 2.18. The number of hydrogen-bond acceptors (Lipinski definition) is 4. The average Bonchev–Trinajstić information content (AvgIpc) is 3.06. The highest BCUT2D eigenvalue weighted by atomic mass is 16.4. The summed E-state index contributed by atoms with van der Waals surface area (Å²) in [7, 11) is 0. The monoisotopic (exact) mass is 321 g/mol. The van der Waals surface area contributed by atoms with Crippen LogP contribution in [0.5, 0.6) is 0 Å². The summed E-state index contributed by atoms with van der Waals surface area (Å²) in [5.41, 5.74) is 2.71. The van der Waals surface area contributed by atoms with E-state index >= 15 is 0 Å². The fourth-order valence-corrected chi connectivity index (χ4v) is 2.42. The minimum absolute atomic E-state index is 0.0729. The zero-order valence-electron chi connectivity index (χ0n) is 13.5. The van der Waals surface area contributed by atoms with Crippen LogP contribution in [0, 0.1) is 6.92 Å². The van der Waals surface area contributed by atoms with Crippen LogP contribution in [0.1, 0.15) is 28.2 Å². The molecule has 1 aromatic heterocycles. The minimum Gasteiger partial charge on any atom is -0.421 e. The number of nitrogens with one attached hydrogen (secondary N) is 1. The summed E-state index contributed by atoms with van der Waals surface area (Å²) in [6.45, 7) is 2.39. The van der Waals surface area contributed by atoms with E-state index in [4.69, 9.17) is 4.42 Å². The molecule has 5 nitrogen and oxygen atoms in total. The van der Waals surface area contributed by atoms with Crippen molar-refractivity contribution in [1.82, 2.24) is 15.5 Å². The first-order valence-electron chi connectivity index (χ1n) is 7.95. The van der Waals surface area contributed by atoms with Crippen molar-refractivity contribution in [3.8, 4) is 11.5 Å². The number of amides is 1. The van der Waals surface area contributed by atoms with E-state index in [-0.39, 0.29) is 5.91 Å². The molecule has 3 rings (SSSR count). The van der Waals surface area contributed by atoms with Crippen LogP contribution in [0.4, 0.5) is 0 Å². The summed E-state index contributed by atoms with van der Waals surface area (Å²) in [5.74, 6) is 0.906. The Morgan fingerprint density at radius 2 is 1.79 bits per heavy atom. The van der Waals surface area contributed by atoms with Gasteiger partial charge >= 0.3 is 0 Å². The van der Waals surface area contributed by atoms with Gasteiger partial charge in [-0.1, -0.05) is 30.3 Å². The van der Waals surface area contributed by atoms with Gasteiger partial charge in [0.2, 0.25) is 11.8 Å². The van der Waals surface area contributed by atoms with Gasteiger partial charge in [0.15, 0.2) is 0 Å². The molecule has 2 aromatic carbocycles. The van der Waals surface area contributed by atoms with Crippen LogP contribution in [0.3, 0.4) is 0 Å². The molecule has 1 amide bonds. The Kier molecular flexibility index (Phi) is 5.01. The molecule has 1 N–H and O–H groups in total. The van der Waals surface area contributed by atoms with Gasteiger partial charge in [0.1, 0.15) is 0 Å². The third-order valence-electron chi connectivity index (χ3n) is 3.69. The summed E-state index contributed by atoms with van der Waals surface area (Å²) in [6, 6.07) is 17.4. The van der Waals surface area contributed by atoms with Crippen molar-refractivity contribution < 1.29 is 9.21 Å². The van der Waals surface area contributed by atoms with E-state index in [9.17, 15) is 4.79 Å². The number of rotatable bonds is 6. The first-order valence-corrected chi connectivity index (χ1v) is 7.95. The predicted octanol–water partition coefficient (Wildman–Crippen LogP) is 3.41. The molecule has 0 fully saturated rings. The summed E-state index contributed by atoms with van der Waals surface area (Å²) < 4.78 is 5.37. The summed E-state index contributed by atoms with van der Waals surface area (Å²) >= 11 is 0. The lowest BCUT2D eigenvalue weighted by Gasteiger charge is -2.06. The molecule has 0 saturated carbocycles. The van der Waals surface area contributed by atoms with Crippen LogP contribution in [-0.2, 0) is 6.42 Å². The lowest BCUT2D eigenvalue weighted by Crippen LogP contribution is -2.24. The number of nitrogens with zero attached hydrogens (tertiary/aromatic N) is 2. The molecule has 0 atom stereocenters. The maximum Gasteiger partial charge on any atom is 0.251 e. The van der Waals surface area contributed by atoms with E-state index in [1.54, 1.807) is 19.1 Å². The zero-order valence-corrected chi connectivity index (χ0v) is 13.5. The number of hydrogen-bond donors (Lipinski definition) is 1. The van der Waals surface area contributed by atoms with E-state index in [0.29, 0.717) is 23.9 Å². The van der Waals surface area contributed by atoms with Crippen molar-refractivity contribution in [2.75, 3.05) is 6.54 Å². The van der Waals surface area contributed by atoms with Gasteiger partial charge in [0.05, 0.1) is 0 Å². The standard InChI is InChI=1S/C19H19N3O2/c1-14-21-22-19(24-14)17-11-9-16(10-12-17)18(23)20-13-5-8-15-6-3-2-4-7-15/h2-4,6-7,9-12H,5,8,13H2,1H3,(H,20,23). The van der Waals surface area contributed by atoms with Crippen molar-refractivity contribution >= 4 is 5.91 Å². The largest absolute Gasteiger partial charge is 0.421 e. The highest BCUT2D eigenvalue weighted by Gasteiger charge is 2.08. The van der Waals surface area contributed by atoms with Crippen LogP contribution < -0.4 is 5.32 Å². The van der Waals surface area contributed by atoms with Gasteiger partial charge in [-0.25, -0.2) is 0 Å². The molecule has 3 aromatic rings. The fourth-order valence-electron chi connectivity index (χ4n) is 2.42. The number of carbonyl (C=O) groups is 1. The third kappa shape index (κ3) is 4.07. The first-order chi connectivity index (χ1) is 11.7. The molecule has 0 unspecified atom stereocenters. The molecule has 5 heteroatoms. The van der Waals surface area contributed by atoms with Gasteiger partial charge in [-0.05, 0) is 42.7 Å². The van der Waals surface area contributed by atoms with Gasteiger partial charge < -0.3 is 9.73 Å². The average molecular weight is 321 g/mol. The Labute approximate surface area is 140 Å². The van der Waals surface area contributed by atoms with Crippen LogP contribution >= 0.6 is 0 Å². The molecular weight excluding hydrogens is 302 g/mol. The first kappa shape index (κ1) is 15.9. The smallest absolute Gasteiger partial charge is 0.251 e. The summed E-state index contributed by atoms with van der Waals surface area (Å²) in [4.78, 5) is 12.1. The van der Waals surface area contributed by atoms with Crippen LogP contribution in [0.15, 0.2) is 59.0 Å². The molecule has 24 heavy (non-hydrogen) atoms. The zero-order chi connectivity index (χ0) is 16.8. The van der Waals surface area contributed by atoms with E-state index in [1.165, 1.54) is 5.56 Å². The van der Waals surface area contributed by atoms with Gasteiger partial charge in [-0.3, -0.25) is 4.79 Å². The molecule has 0 aliphatic rings. The SMILES string of the molecule is Cc1nnc(-c2ccc(C(=O)NCCCc3ccccc3)cc2)o1. The maximum absolute atomic E-state index is 12.1. The van der Waals surface area contributed by atoms with Crippen molar-refractivity contribution in [2.45, 2.75) is 19.8 Å². The lowest BCUT2D eigenvalue weighted by atomic mass is 10.1. The topological polar surface area (TPSA) is 68.0 Å². The Bertz CT molecular complexity index is 795. The number of carbonyl (C=O) groups excluding carboxylic acids is 1. The third-order valence-corrected chi connectivity index (χ3v) is 3.69. The van der Waals surface area contributed by atoms with E-state index in [1.807, 2.05) is 30.3 Å². The normalized spacial score (nSPS) is 10.5. The van der Waals surface area contributed by atoms with E-state index in [2.05, 4.69) is 27.6 Å². The number of aromatic nitrogens is 2. The van der Waals surface area contributed by atoms with Gasteiger partial charge in [0, 0.05) is 24.6 Å². The van der Waals surface area contributed by atoms with Crippen LogP contribution in [0.25, 0.3) is 11.5 Å². The summed E-state index contributed by atoms with van der Waals surface area (Å²) in [5, 5.41) is 10.7. The second-order valence-electron chi connectivity index (χ2n) is 5.55.